The van der Waals surface area contributed by atoms with E-state index >= 15 is 0 Å². The first-order chi connectivity index (χ1) is 12.4. The van der Waals surface area contributed by atoms with Crippen LogP contribution in [0.15, 0.2) is 39.9 Å². The van der Waals surface area contributed by atoms with Gasteiger partial charge < -0.3 is 9.15 Å². The highest BCUT2D eigenvalue weighted by Crippen LogP contribution is 2.47. The third-order valence-electron chi connectivity index (χ3n) is 4.65. The molecule has 0 unspecified atom stereocenters. The maximum atomic E-state index is 12.0. The molecule has 1 aliphatic rings. The molecule has 1 aromatic carbocycles. The Hall–Kier alpha value is -2.56. The van der Waals surface area contributed by atoms with Crippen molar-refractivity contribution in [1.29, 1.82) is 0 Å². The lowest BCUT2D eigenvalue weighted by Crippen LogP contribution is -2.24. The number of nitrogens with zero attached hydrogens (tertiary/aromatic N) is 1. The highest BCUT2D eigenvalue weighted by atomic mass is 16.5. The second-order valence-corrected chi connectivity index (χ2v) is 7.34. The molecule has 5 heteroatoms. The van der Waals surface area contributed by atoms with Gasteiger partial charge in [0.15, 0.2) is 6.61 Å². The highest BCUT2D eigenvalue weighted by molar-refractivity contribution is 5.81. The minimum atomic E-state index is -0.306. The van der Waals surface area contributed by atoms with Crippen LogP contribution < -0.4 is 10.2 Å². The van der Waals surface area contributed by atoms with E-state index in [1.54, 1.807) is 0 Å². The van der Waals surface area contributed by atoms with Gasteiger partial charge >= 0.3 is 0 Å². The Morgan fingerprint density at radius 3 is 2.85 bits per heavy atom. The SMILES string of the molecule is Cc1ccc(C(C)C)c(OCC(=O)N/N=C\c2ccc([C@H]3C[C@@H]3C)o2)c1. The number of carbonyl (C=O) groups is 1. The summed E-state index contributed by atoms with van der Waals surface area (Å²) < 4.78 is 11.4. The van der Waals surface area contributed by atoms with Crippen LogP contribution in [0.25, 0.3) is 0 Å². The van der Waals surface area contributed by atoms with E-state index in [4.69, 9.17) is 9.15 Å². The van der Waals surface area contributed by atoms with Gasteiger partial charge in [-0.05, 0) is 54.5 Å². The van der Waals surface area contributed by atoms with E-state index < -0.39 is 0 Å². The molecule has 0 radical (unpaired) electrons. The van der Waals surface area contributed by atoms with Crippen LogP contribution in [-0.4, -0.2) is 18.7 Å². The van der Waals surface area contributed by atoms with E-state index in [9.17, 15) is 4.79 Å². The molecule has 0 bridgehead atoms. The molecule has 0 spiro atoms. The van der Waals surface area contributed by atoms with Crippen LogP contribution in [0.5, 0.6) is 5.75 Å². The summed E-state index contributed by atoms with van der Waals surface area (Å²) >= 11 is 0. The summed E-state index contributed by atoms with van der Waals surface area (Å²) in [5.41, 5.74) is 4.66. The molecule has 1 aliphatic carbocycles. The zero-order valence-corrected chi connectivity index (χ0v) is 15.8. The van der Waals surface area contributed by atoms with Gasteiger partial charge in [0.2, 0.25) is 0 Å². The van der Waals surface area contributed by atoms with Crippen LogP contribution in [0, 0.1) is 12.8 Å². The number of hydrazone groups is 1. The zero-order valence-electron chi connectivity index (χ0n) is 15.8. The third kappa shape index (κ3) is 4.54. The number of ether oxygens (including phenoxy) is 1. The fourth-order valence-corrected chi connectivity index (χ4v) is 2.94. The van der Waals surface area contributed by atoms with Gasteiger partial charge in [0.25, 0.3) is 5.91 Å². The molecular formula is C21H26N2O3. The Kier molecular flexibility index (Phi) is 5.45. The van der Waals surface area contributed by atoms with Gasteiger partial charge in [-0.2, -0.15) is 5.10 Å². The van der Waals surface area contributed by atoms with Crippen LogP contribution in [0.4, 0.5) is 0 Å². The van der Waals surface area contributed by atoms with Gasteiger partial charge in [0.05, 0.1) is 6.21 Å². The molecule has 1 heterocycles. The second-order valence-electron chi connectivity index (χ2n) is 7.34. The first kappa shape index (κ1) is 18.2. The number of rotatable bonds is 7. The highest BCUT2D eigenvalue weighted by Gasteiger charge is 2.36. The normalized spacial score (nSPS) is 19.1. The fourth-order valence-electron chi connectivity index (χ4n) is 2.94. The molecule has 2 aromatic rings. The number of carbonyl (C=O) groups excluding carboxylic acids is 1. The molecule has 5 nitrogen and oxygen atoms in total. The fraction of sp³-hybridized carbons (Fsp3) is 0.429. The van der Waals surface area contributed by atoms with E-state index in [2.05, 4.69) is 31.3 Å². The van der Waals surface area contributed by atoms with Crippen molar-refractivity contribution in [2.24, 2.45) is 11.0 Å². The van der Waals surface area contributed by atoms with Gasteiger partial charge in [-0.3, -0.25) is 4.79 Å². The lowest BCUT2D eigenvalue weighted by atomic mass is 10.0. The van der Waals surface area contributed by atoms with Crippen molar-refractivity contribution in [2.45, 2.75) is 46.0 Å². The predicted molar refractivity (Wildman–Crippen MR) is 102 cm³/mol. The van der Waals surface area contributed by atoms with Crippen molar-refractivity contribution in [2.75, 3.05) is 6.61 Å². The summed E-state index contributed by atoms with van der Waals surface area (Å²) in [4.78, 5) is 12.0. The lowest BCUT2D eigenvalue weighted by molar-refractivity contribution is -0.123. The predicted octanol–water partition coefficient (Wildman–Crippen LogP) is 4.36. The standard InChI is InChI=1S/C21H26N2O3/c1-13(2)17-7-5-14(3)9-20(17)25-12-21(24)23-22-11-16-6-8-19(26-16)18-10-15(18)4/h5-9,11,13,15,18H,10,12H2,1-4H3,(H,23,24)/b22-11-/t15-,18-/m0/s1. The summed E-state index contributed by atoms with van der Waals surface area (Å²) in [6.07, 6.45) is 2.69. The Bertz CT molecular complexity index is 807. The van der Waals surface area contributed by atoms with Crippen LogP contribution in [-0.2, 0) is 4.79 Å². The van der Waals surface area contributed by atoms with Crippen LogP contribution in [0.2, 0.25) is 0 Å². The van der Waals surface area contributed by atoms with Crippen LogP contribution in [0.3, 0.4) is 0 Å². The largest absolute Gasteiger partial charge is 0.483 e. The maximum Gasteiger partial charge on any atom is 0.277 e. The molecule has 1 N–H and O–H groups in total. The number of aryl methyl sites for hydroxylation is 1. The summed E-state index contributed by atoms with van der Waals surface area (Å²) in [7, 11) is 0. The molecule has 1 saturated carbocycles. The average molecular weight is 354 g/mol. The number of furan rings is 1. The number of hydrogen-bond donors (Lipinski definition) is 1. The van der Waals surface area contributed by atoms with Crippen molar-refractivity contribution in [1.82, 2.24) is 5.43 Å². The Balaban J connectivity index is 1.50. The molecule has 0 saturated heterocycles. The molecule has 1 amide bonds. The van der Waals surface area contributed by atoms with Crippen molar-refractivity contribution in [3.63, 3.8) is 0 Å². The Labute approximate surface area is 154 Å². The number of hydrogen-bond acceptors (Lipinski definition) is 4. The summed E-state index contributed by atoms with van der Waals surface area (Å²) in [6, 6.07) is 9.89. The van der Waals surface area contributed by atoms with Crippen molar-refractivity contribution in [3.8, 4) is 5.75 Å². The third-order valence-corrected chi connectivity index (χ3v) is 4.65. The van der Waals surface area contributed by atoms with E-state index in [0.717, 1.165) is 22.6 Å². The van der Waals surface area contributed by atoms with E-state index in [0.29, 0.717) is 23.5 Å². The van der Waals surface area contributed by atoms with Crippen molar-refractivity contribution >= 4 is 12.1 Å². The molecule has 1 aromatic heterocycles. The van der Waals surface area contributed by atoms with E-state index in [-0.39, 0.29) is 12.5 Å². The van der Waals surface area contributed by atoms with Crippen molar-refractivity contribution in [3.05, 3.63) is 53.0 Å². The molecule has 26 heavy (non-hydrogen) atoms. The molecule has 1 fully saturated rings. The minimum Gasteiger partial charge on any atom is -0.483 e. The van der Waals surface area contributed by atoms with E-state index in [1.165, 1.54) is 12.6 Å². The summed E-state index contributed by atoms with van der Waals surface area (Å²) in [5.74, 6) is 3.63. The monoisotopic (exact) mass is 354 g/mol. The zero-order chi connectivity index (χ0) is 18.7. The van der Waals surface area contributed by atoms with Gasteiger partial charge in [0, 0.05) is 5.92 Å². The minimum absolute atomic E-state index is 0.0799. The average Bonchev–Trinajstić information content (AvgIpc) is 3.14. The summed E-state index contributed by atoms with van der Waals surface area (Å²) in [6.45, 7) is 8.33. The molecule has 138 valence electrons. The smallest absolute Gasteiger partial charge is 0.277 e. The summed E-state index contributed by atoms with van der Waals surface area (Å²) in [5, 5.41) is 3.94. The number of nitrogens with one attached hydrogen (secondary N) is 1. The number of benzene rings is 1. The molecule has 3 rings (SSSR count). The van der Waals surface area contributed by atoms with Crippen LogP contribution in [0.1, 0.15) is 61.7 Å². The molecule has 0 aliphatic heterocycles. The number of amides is 1. The van der Waals surface area contributed by atoms with Gasteiger partial charge in [-0.15, -0.1) is 0 Å². The first-order valence-electron chi connectivity index (χ1n) is 9.09. The van der Waals surface area contributed by atoms with Gasteiger partial charge in [0.1, 0.15) is 17.3 Å². The van der Waals surface area contributed by atoms with Crippen LogP contribution >= 0.6 is 0 Å². The Morgan fingerprint density at radius 1 is 1.38 bits per heavy atom. The van der Waals surface area contributed by atoms with E-state index in [1.807, 2.05) is 37.3 Å². The quantitative estimate of drug-likeness (QED) is 0.593. The molecule has 2 atom stereocenters. The maximum absolute atomic E-state index is 12.0. The Morgan fingerprint density at radius 2 is 2.15 bits per heavy atom. The first-order valence-corrected chi connectivity index (χ1v) is 9.09. The van der Waals surface area contributed by atoms with Gasteiger partial charge in [-0.25, -0.2) is 5.43 Å². The second kappa shape index (κ2) is 7.77. The topological polar surface area (TPSA) is 63.8 Å². The molecular weight excluding hydrogens is 328 g/mol. The van der Waals surface area contributed by atoms with Crippen molar-refractivity contribution < 1.29 is 13.9 Å². The lowest BCUT2D eigenvalue weighted by Gasteiger charge is -2.14. The van der Waals surface area contributed by atoms with Gasteiger partial charge in [-0.1, -0.05) is 32.9 Å².